The van der Waals surface area contributed by atoms with Crippen LogP contribution in [-0.4, -0.2) is 58.5 Å². The van der Waals surface area contributed by atoms with E-state index in [1.54, 1.807) is 46.2 Å². The topological polar surface area (TPSA) is 60.9 Å². The normalized spacial score (nSPS) is 18.1. The summed E-state index contributed by atoms with van der Waals surface area (Å²) in [6.07, 6.45) is 1.05. The lowest BCUT2D eigenvalue weighted by molar-refractivity contribution is -0.143. The zero-order chi connectivity index (χ0) is 19.9. The number of halogens is 2. The van der Waals surface area contributed by atoms with Gasteiger partial charge >= 0.3 is 0 Å². The zero-order valence-electron chi connectivity index (χ0n) is 15.2. The maximum absolute atomic E-state index is 13.3. The molecule has 2 amide bonds. The Kier molecular flexibility index (Phi) is 4.85. The second-order valence-electron chi connectivity index (χ2n) is 7.32. The molecule has 28 heavy (non-hydrogen) atoms. The number of piperazine rings is 1. The van der Waals surface area contributed by atoms with E-state index in [4.69, 9.17) is 11.6 Å². The van der Waals surface area contributed by atoms with E-state index in [2.05, 4.69) is 0 Å². The van der Waals surface area contributed by atoms with E-state index in [0.29, 0.717) is 44.6 Å². The van der Waals surface area contributed by atoms with Gasteiger partial charge in [0.1, 0.15) is 11.4 Å². The average Bonchev–Trinajstić information content (AvgIpc) is 3.48. The Balaban J connectivity index is 1.40. The third-order valence-electron chi connectivity index (χ3n) is 5.36. The Hall–Kier alpha value is -2.44. The molecule has 2 aromatic carbocycles. The van der Waals surface area contributed by atoms with Gasteiger partial charge in [-0.25, -0.2) is 4.39 Å². The molecule has 1 saturated heterocycles. The minimum atomic E-state index is -1.16. The van der Waals surface area contributed by atoms with E-state index in [0.717, 1.165) is 11.1 Å². The number of carbonyl (C=O) groups is 2. The van der Waals surface area contributed by atoms with Gasteiger partial charge in [-0.15, -0.1) is 0 Å². The predicted octanol–water partition coefficient (Wildman–Crippen LogP) is 2.96. The molecule has 0 spiro atoms. The van der Waals surface area contributed by atoms with E-state index in [-0.39, 0.29) is 16.8 Å². The summed E-state index contributed by atoms with van der Waals surface area (Å²) in [7, 11) is 0. The van der Waals surface area contributed by atoms with E-state index in [1.807, 2.05) is 0 Å². The van der Waals surface area contributed by atoms with E-state index in [1.165, 1.54) is 6.07 Å². The fourth-order valence-corrected chi connectivity index (χ4v) is 3.58. The highest BCUT2D eigenvalue weighted by atomic mass is 35.5. The van der Waals surface area contributed by atoms with Crippen molar-refractivity contribution in [1.29, 1.82) is 0 Å². The maximum Gasteiger partial charge on any atom is 0.254 e. The van der Waals surface area contributed by atoms with Crippen LogP contribution in [0.5, 0.6) is 0 Å². The van der Waals surface area contributed by atoms with Gasteiger partial charge < -0.3 is 14.9 Å². The van der Waals surface area contributed by atoms with Crippen molar-refractivity contribution in [3.8, 4) is 11.1 Å². The number of hydrogen-bond donors (Lipinski definition) is 1. The first-order valence-electron chi connectivity index (χ1n) is 9.24. The van der Waals surface area contributed by atoms with Crippen LogP contribution in [-0.2, 0) is 4.79 Å². The summed E-state index contributed by atoms with van der Waals surface area (Å²) in [5, 5.41) is 10.0. The highest BCUT2D eigenvalue weighted by Gasteiger charge is 2.50. The standard InChI is InChI=1S/C21H20ClFN2O3/c22-17-13-16(5-6-18(17)23)14-1-3-15(4-2-14)19(26)24-9-11-25(12-10-24)20(27)21(28)7-8-21/h1-6,13,28H,7-12H2. The van der Waals surface area contributed by atoms with Crippen LogP contribution in [0.4, 0.5) is 4.39 Å². The molecule has 0 radical (unpaired) electrons. The first kappa shape index (κ1) is 18.9. The highest BCUT2D eigenvalue weighted by Crippen LogP contribution is 2.37. The van der Waals surface area contributed by atoms with Gasteiger partial charge in [-0.2, -0.15) is 0 Å². The van der Waals surface area contributed by atoms with Gasteiger partial charge in [0, 0.05) is 31.7 Å². The molecule has 2 aromatic rings. The second-order valence-corrected chi connectivity index (χ2v) is 7.73. The number of nitrogens with zero attached hydrogens (tertiary/aromatic N) is 2. The Labute approximate surface area is 167 Å². The van der Waals surface area contributed by atoms with Gasteiger partial charge in [-0.05, 0) is 48.2 Å². The van der Waals surface area contributed by atoms with Crippen molar-refractivity contribution in [3.63, 3.8) is 0 Å². The molecule has 4 rings (SSSR count). The van der Waals surface area contributed by atoms with Crippen LogP contribution in [0, 0.1) is 5.82 Å². The molecule has 7 heteroatoms. The highest BCUT2D eigenvalue weighted by molar-refractivity contribution is 6.31. The number of benzene rings is 2. The van der Waals surface area contributed by atoms with Crippen molar-refractivity contribution in [3.05, 3.63) is 58.9 Å². The molecule has 1 aliphatic heterocycles. The number of amides is 2. The summed E-state index contributed by atoms with van der Waals surface area (Å²) < 4.78 is 13.3. The summed E-state index contributed by atoms with van der Waals surface area (Å²) in [4.78, 5) is 28.3. The van der Waals surface area contributed by atoms with Crippen molar-refractivity contribution >= 4 is 23.4 Å². The molecule has 0 unspecified atom stereocenters. The molecule has 146 valence electrons. The fraction of sp³-hybridized carbons (Fsp3) is 0.333. The van der Waals surface area contributed by atoms with Gasteiger partial charge in [-0.1, -0.05) is 29.8 Å². The molecule has 2 fully saturated rings. The number of carbonyl (C=O) groups excluding carboxylic acids is 2. The smallest absolute Gasteiger partial charge is 0.254 e. The SMILES string of the molecule is O=C(c1ccc(-c2ccc(F)c(Cl)c2)cc1)N1CCN(C(=O)C2(O)CC2)CC1. The third kappa shape index (κ3) is 3.62. The van der Waals surface area contributed by atoms with Crippen LogP contribution in [0.1, 0.15) is 23.2 Å². The molecule has 0 bridgehead atoms. The maximum atomic E-state index is 13.3. The van der Waals surface area contributed by atoms with Crippen LogP contribution in [0.3, 0.4) is 0 Å². The summed E-state index contributed by atoms with van der Waals surface area (Å²) >= 11 is 5.83. The molecule has 0 atom stereocenters. The zero-order valence-corrected chi connectivity index (χ0v) is 16.0. The Morgan fingerprint density at radius 2 is 1.50 bits per heavy atom. The molecule has 1 N–H and O–H groups in total. The molecule has 2 aliphatic rings. The first-order valence-corrected chi connectivity index (χ1v) is 9.62. The van der Waals surface area contributed by atoms with Crippen molar-refractivity contribution in [2.24, 2.45) is 0 Å². The van der Waals surface area contributed by atoms with Gasteiger partial charge in [-0.3, -0.25) is 9.59 Å². The quantitative estimate of drug-likeness (QED) is 0.858. The first-order chi connectivity index (χ1) is 13.4. The van der Waals surface area contributed by atoms with Gasteiger partial charge in [0.15, 0.2) is 0 Å². The second kappa shape index (κ2) is 7.18. The predicted molar refractivity (Wildman–Crippen MR) is 104 cm³/mol. The lowest BCUT2D eigenvalue weighted by Crippen LogP contribution is -2.53. The Bertz CT molecular complexity index is 920. The average molecular weight is 403 g/mol. The monoisotopic (exact) mass is 402 g/mol. The molecule has 1 aliphatic carbocycles. The van der Waals surface area contributed by atoms with Gasteiger partial charge in [0.2, 0.25) is 0 Å². The van der Waals surface area contributed by atoms with Crippen LogP contribution >= 0.6 is 11.6 Å². The van der Waals surface area contributed by atoms with Crippen molar-refractivity contribution < 1.29 is 19.1 Å². The van der Waals surface area contributed by atoms with E-state index >= 15 is 0 Å². The number of hydrogen-bond acceptors (Lipinski definition) is 3. The van der Waals surface area contributed by atoms with Crippen LogP contribution < -0.4 is 0 Å². The minimum Gasteiger partial charge on any atom is -0.380 e. The summed E-state index contributed by atoms with van der Waals surface area (Å²) in [6.45, 7) is 1.74. The van der Waals surface area contributed by atoms with E-state index in [9.17, 15) is 19.1 Å². The number of rotatable bonds is 3. The fourth-order valence-electron chi connectivity index (χ4n) is 3.40. The van der Waals surface area contributed by atoms with Crippen LogP contribution in [0.15, 0.2) is 42.5 Å². The molecule has 1 saturated carbocycles. The van der Waals surface area contributed by atoms with Gasteiger partial charge in [0.05, 0.1) is 5.02 Å². The van der Waals surface area contributed by atoms with Crippen LogP contribution in [0.2, 0.25) is 5.02 Å². The number of aliphatic hydroxyl groups is 1. The summed E-state index contributed by atoms with van der Waals surface area (Å²) in [5.41, 5.74) is 1.00. The third-order valence-corrected chi connectivity index (χ3v) is 5.65. The molecule has 1 heterocycles. The van der Waals surface area contributed by atoms with Crippen LogP contribution in [0.25, 0.3) is 11.1 Å². The molecular weight excluding hydrogens is 383 g/mol. The molecule has 5 nitrogen and oxygen atoms in total. The summed E-state index contributed by atoms with van der Waals surface area (Å²) in [5.74, 6) is -0.786. The minimum absolute atomic E-state index is 0.0564. The van der Waals surface area contributed by atoms with E-state index < -0.39 is 11.4 Å². The molecule has 0 aromatic heterocycles. The molecular formula is C21H20ClFN2O3. The lowest BCUT2D eigenvalue weighted by Gasteiger charge is -2.35. The van der Waals surface area contributed by atoms with Crippen molar-refractivity contribution in [2.75, 3.05) is 26.2 Å². The van der Waals surface area contributed by atoms with Crippen molar-refractivity contribution in [1.82, 2.24) is 9.80 Å². The van der Waals surface area contributed by atoms with Crippen molar-refractivity contribution in [2.45, 2.75) is 18.4 Å². The Morgan fingerprint density at radius 1 is 0.929 bits per heavy atom. The van der Waals surface area contributed by atoms with Gasteiger partial charge in [0.25, 0.3) is 11.8 Å². The Morgan fingerprint density at radius 3 is 2.07 bits per heavy atom. The lowest BCUT2D eigenvalue weighted by atomic mass is 10.0. The summed E-state index contributed by atoms with van der Waals surface area (Å²) in [6, 6.07) is 11.6. The largest absolute Gasteiger partial charge is 0.380 e.